The number of hydrogen-bond acceptors (Lipinski definition) is 4. The molecule has 1 fully saturated rings. The molecule has 0 atom stereocenters. The van der Waals surface area contributed by atoms with Crippen LogP contribution in [0.25, 0.3) is 83.4 Å². The quantitative estimate of drug-likeness (QED) is 0.151. The van der Waals surface area contributed by atoms with Gasteiger partial charge >= 0.3 is 0 Å². The Labute approximate surface area is 352 Å². The molecule has 2 aliphatic carbocycles. The summed E-state index contributed by atoms with van der Waals surface area (Å²) in [5, 5.41) is 12.4. The van der Waals surface area contributed by atoms with E-state index in [1.165, 1.54) is 69.0 Å². The van der Waals surface area contributed by atoms with E-state index in [-0.39, 0.29) is 5.41 Å². The first-order valence-corrected chi connectivity index (χ1v) is 21.1. The number of aromatic nitrogens is 3. The third kappa shape index (κ3) is 6.44. The molecule has 0 aliphatic heterocycles. The van der Waals surface area contributed by atoms with E-state index < -0.39 is 0 Å². The van der Waals surface area contributed by atoms with Crippen molar-refractivity contribution in [3.05, 3.63) is 193 Å². The summed E-state index contributed by atoms with van der Waals surface area (Å²) in [5.74, 6) is 0.706. The molecule has 6 aromatic carbocycles. The highest BCUT2D eigenvalue weighted by Gasteiger charge is 2.44. The molecule has 2 aromatic heterocycles. The predicted molar refractivity (Wildman–Crippen MR) is 247 cm³/mol. The zero-order valence-electron chi connectivity index (χ0n) is 34.0. The van der Waals surface area contributed by atoms with Crippen LogP contribution in [-0.2, 0) is 5.41 Å². The SMILES string of the molecule is C/C=C\C=C(/C)c1nc(-c2ccc(-c3cccnc3)cc2)cc(-c2ccc(-c3ccc(-c4cccc5c4-c4ccc(C#N)cc4C54CCCCC4)c4ccccc34)cc2)n1. The van der Waals surface area contributed by atoms with E-state index in [0.29, 0.717) is 5.82 Å². The summed E-state index contributed by atoms with van der Waals surface area (Å²) in [6.45, 7) is 4.08. The molecule has 4 nitrogen and oxygen atoms in total. The van der Waals surface area contributed by atoms with E-state index in [9.17, 15) is 5.26 Å². The lowest BCUT2D eigenvalue weighted by molar-refractivity contribution is 0.353. The number of nitriles is 1. The Balaban J connectivity index is 1.04. The number of pyridine rings is 1. The Kier molecular flexibility index (Phi) is 9.58. The average Bonchev–Trinajstić information content (AvgIpc) is 3.58. The van der Waals surface area contributed by atoms with Crippen LogP contribution in [0.2, 0.25) is 0 Å². The monoisotopic (exact) mass is 772 g/mol. The summed E-state index contributed by atoms with van der Waals surface area (Å²) in [7, 11) is 0. The van der Waals surface area contributed by atoms with Gasteiger partial charge in [-0.25, -0.2) is 9.97 Å². The van der Waals surface area contributed by atoms with E-state index in [1.807, 2.05) is 37.4 Å². The van der Waals surface area contributed by atoms with Gasteiger partial charge in [0.25, 0.3) is 0 Å². The number of hydrogen-bond donors (Lipinski definition) is 0. The third-order valence-corrected chi connectivity index (χ3v) is 12.7. The van der Waals surface area contributed by atoms with Crippen molar-refractivity contribution in [2.45, 2.75) is 51.4 Å². The molecule has 0 N–H and O–H groups in total. The summed E-state index contributed by atoms with van der Waals surface area (Å²) >= 11 is 0. The molecule has 288 valence electrons. The Morgan fingerprint density at radius 2 is 1.27 bits per heavy atom. The number of rotatable bonds is 7. The molecule has 60 heavy (non-hydrogen) atoms. The molecule has 0 saturated heterocycles. The lowest BCUT2D eigenvalue weighted by atomic mass is 9.67. The highest BCUT2D eigenvalue weighted by Crippen LogP contribution is 2.58. The highest BCUT2D eigenvalue weighted by molar-refractivity contribution is 6.08. The van der Waals surface area contributed by atoms with Crippen molar-refractivity contribution in [1.29, 1.82) is 5.26 Å². The summed E-state index contributed by atoms with van der Waals surface area (Å²) in [5.41, 5.74) is 18.0. The molecule has 0 bridgehead atoms. The van der Waals surface area contributed by atoms with E-state index in [4.69, 9.17) is 9.97 Å². The van der Waals surface area contributed by atoms with Gasteiger partial charge in [-0.15, -0.1) is 0 Å². The van der Waals surface area contributed by atoms with Crippen LogP contribution in [-0.4, -0.2) is 15.0 Å². The van der Waals surface area contributed by atoms with E-state index in [0.717, 1.165) is 63.2 Å². The minimum Gasteiger partial charge on any atom is -0.264 e. The zero-order chi connectivity index (χ0) is 40.6. The van der Waals surface area contributed by atoms with Gasteiger partial charge in [0, 0.05) is 28.9 Å². The van der Waals surface area contributed by atoms with Crippen LogP contribution in [0.4, 0.5) is 0 Å². The van der Waals surface area contributed by atoms with Gasteiger partial charge in [0.15, 0.2) is 5.82 Å². The molecule has 2 aliphatic rings. The van der Waals surface area contributed by atoms with Gasteiger partial charge < -0.3 is 0 Å². The van der Waals surface area contributed by atoms with Crippen molar-refractivity contribution in [2.24, 2.45) is 0 Å². The normalized spacial score (nSPS) is 14.3. The smallest absolute Gasteiger partial charge is 0.156 e. The van der Waals surface area contributed by atoms with Crippen molar-refractivity contribution >= 4 is 16.3 Å². The van der Waals surface area contributed by atoms with Crippen LogP contribution in [0, 0.1) is 11.3 Å². The van der Waals surface area contributed by atoms with Crippen LogP contribution in [0.3, 0.4) is 0 Å². The minimum absolute atomic E-state index is 0.0269. The summed E-state index contributed by atoms with van der Waals surface area (Å²) in [4.78, 5) is 14.4. The summed E-state index contributed by atoms with van der Waals surface area (Å²) < 4.78 is 0. The molecule has 1 saturated carbocycles. The van der Waals surface area contributed by atoms with Crippen LogP contribution < -0.4 is 0 Å². The Morgan fingerprint density at radius 1 is 0.600 bits per heavy atom. The standard InChI is InChI=1S/C56H44N4/c1-3-4-12-37(2)55-59-52(41-23-19-39(20-24-41)43-13-11-32-58-36-43)34-53(60-55)42-25-21-40(22-26-42)44-28-29-47(46-15-7-6-14-45(44)46)48-16-10-17-50-54(48)49-27-18-38(35-57)33-51(49)56(50)30-8-5-9-31-56/h3-4,6-7,10-29,32-34,36H,5,8-9,30-31H2,1-2H3/b4-3-,37-12+. The summed E-state index contributed by atoms with van der Waals surface area (Å²) in [6.07, 6.45) is 15.8. The second kappa shape index (κ2) is 15.5. The molecule has 4 heteroatoms. The van der Waals surface area contributed by atoms with Gasteiger partial charge in [0.1, 0.15) is 0 Å². The fourth-order valence-corrected chi connectivity index (χ4v) is 9.74. The van der Waals surface area contributed by atoms with Crippen LogP contribution in [0.1, 0.15) is 68.5 Å². The van der Waals surface area contributed by atoms with E-state index >= 15 is 0 Å². The first-order valence-electron chi connectivity index (χ1n) is 21.1. The van der Waals surface area contributed by atoms with Gasteiger partial charge in [-0.05, 0) is 123 Å². The lowest BCUT2D eigenvalue weighted by Gasteiger charge is -2.36. The third-order valence-electron chi connectivity index (χ3n) is 12.7. The predicted octanol–water partition coefficient (Wildman–Crippen LogP) is 14.4. The van der Waals surface area contributed by atoms with Crippen LogP contribution in [0.5, 0.6) is 0 Å². The van der Waals surface area contributed by atoms with Crippen LogP contribution >= 0.6 is 0 Å². The van der Waals surface area contributed by atoms with E-state index in [2.05, 4.69) is 151 Å². The number of allylic oxidation sites excluding steroid dienone is 4. The topological polar surface area (TPSA) is 62.5 Å². The second-order valence-electron chi connectivity index (χ2n) is 16.2. The fraction of sp³-hybridized carbons (Fsp3) is 0.143. The largest absolute Gasteiger partial charge is 0.264 e. The zero-order valence-corrected chi connectivity index (χ0v) is 34.0. The molecule has 8 aromatic rings. The van der Waals surface area contributed by atoms with Gasteiger partial charge in [0.05, 0.1) is 23.0 Å². The maximum atomic E-state index is 9.90. The molecule has 1 spiro atoms. The fourth-order valence-electron chi connectivity index (χ4n) is 9.74. The first-order chi connectivity index (χ1) is 29.5. The van der Waals surface area contributed by atoms with Gasteiger partial charge in [-0.1, -0.05) is 153 Å². The van der Waals surface area contributed by atoms with Crippen molar-refractivity contribution in [2.75, 3.05) is 0 Å². The molecule has 10 rings (SSSR count). The second-order valence-corrected chi connectivity index (χ2v) is 16.2. The molecule has 0 unspecified atom stereocenters. The number of benzene rings is 6. The minimum atomic E-state index is -0.0269. The number of fused-ring (bicyclic) bond motifs is 6. The number of nitrogens with zero attached hydrogens (tertiary/aromatic N) is 4. The molecule has 0 radical (unpaired) electrons. The van der Waals surface area contributed by atoms with Crippen molar-refractivity contribution in [3.8, 4) is 73.1 Å². The van der Waals surface area contributed by atoms with E-state index in [1.54, 1.807) is 6.20 Å². The molecule has 0 amide bonds. The van der Waals surface area contributed by atoms with Crippen molar-refractivity contribution in [3.63, 3.8) is 0 Å². The highest BCUT2D eigenvalue weighted by atomic mass is 14.9. The maximum Gasteiger partial charge on any atom is 0.156 e. The van der Waals surface area contributed by atoms with Gasteiger partial charge in [-0.2, -0.15) is 5.26 Å². The first kappa shape index (κ1) is 37.1. The van der Waals surface area contributed by atoms with Gasteiger partial charge in [-0.3, -0.25) is 4.98 Å². The maximum absolute atomic E-state index is 9.90. The molecule has 2 heterocycles. The Bertz CT molecular complexity index is 3020. The van der Waals surface area contributed by atoms with Crippen LogP contribution in [0.15, 0.2) is 170 Å². The van der Waals surface area contributed by atoms with Crippen molar-refractivity contribution < 1.29 is 0 Å². The lowest BCUT2D eigenvalue weighted by Crippen LogP contribution is -2.28. The molecular weight excluding hydrogens is 729 g/mol. The van der Waals surface area contributed by atoms with Crippen molar-refractivity contribution in [1.82, 2.24) is 15.0 Å². The van der Waals surface area contributed by atoms with Gasteiger partial charge in [0.2, 0.25) is 0 Å². The summed E-state index contributed by atoms with van der Waals surface area (Å²) in [6, 6.07) is 52.6. The Hall–Kier alpha value is -7.22. The average molecular weight is 773 g/mol. The Morgan fingerprint density at radius 3 is 1.95 bits per heavy atom. The molecular formula is C56H44N4.